The summed E-state index contributed by atoms with van der Waals surface area (Å²) in [4.78, 5) is 9.21. The maximum absolute atomic E-state index is 5.10. The van der Waals surface area contributed by atoms with Crippen molar-refractivity contribution >= 4 is 38.5 Å². The van der Waals surface area contributed by atoms with Gasteiger partial charge in [0.05, 0.1) is 16.9 Å². The van der Waals surface area contributed by atoms with Crippen molar-refractivity contribution in [1.29, 1.82) is 0 Å². The SMILES string of the molecule is CN1C=CN(c2[c-]c(-n3c4[c-]c(-c5nc6cccc(-c7ccccc7)c6n5C)ccc4c4ccccc43)ccc2)[CH-]1.[Pt]. The normalized spacial score (nSPS) is 13.0. The number of hydrogen-bond donors (Lipinski definition) is 0. The Hall–Kier alpha value is -4.60. The summed E-state index contributed by atoms with van der Waals surface area (Å²) in [6, 6.07) is 43.4. The molecule has 1 aliphatic rings. The predicted molar refractivity (Wildman–Crippen MR) is 167 cm³/mol. The molecule has 7 aromatic rings. The fourth-order valence-electron chi connectivity index (χ4n) is 5.95. The average molecular weight is 724 g/mol. The molecule has 6 heteroatoms. The van der Waals surface area contributed by atoms with Gasteiger partial charge in [0.1, 0.15) is 0 Å². The maximum atomic E-state index is 5.10. The molecule has 0 spiro atoms. The minimum atomic E-state index is 0. The molecule has 5 aromatic carbocycles. The zero-order chi connectivity index (χ0) is 27.5. The van der Waals surface area contributed by atoms with Crippen molar-refractivity contribution in [1.82, 2.24) is 19.0 Å². The third-order valence-electron chi connectivity index (χ3n) is 7.86. The van der Waals surface area contributed by atoms with Crippen molar-refractivity contribution in [3.63, 3.8) is 0 Å². The van der Waals surface area contributed by atoms with E-state index in [0.717, 1.165) is 50.2 Å². The zero-order valence-corrected chi connectivity index (χ0v) is 25.4. The van der Waals surface area contributed by atoms with Crippen LogP contribution in [0.5, 0.6) is 0 Å². The van der Waals surface area contributed by atoms with E-state index in [-0.39, 0.29) is 21.1 Å². The van der Waals surface area contributed by atoms with E-state index < -0.39 is 0 Å². The molecule has 0 aliphatic carbocycles. The first-order valence-electron chi connectivity index (χ1n) is 13.7. The Labute approximate surface area is 259 Å². The topological polar surface area (TPSA) is 29.2 Å². The van der Waals surface area contributed by atoms with Gasteiger partial charge < -0.3 is 18.9 Å². The molecule has 1 aliphatic heterocycles. The minimum Gasteiger partial charge on any atom is -0.510 e. The van der Waals surface area contributed by atoms with Crippen molar-refractivity contribution in [2.24, 2.45) is 7.05 Å². The summed E-state index contributed by atoms with van der Waals surface area (Å²) in [5.74, 6) is 0.889. The molecule has 208 valence electrons. The summed E-state index contributed by atoms with van der Waals surface area (Å²) in [5.41, 5.74) is 9.46. The standard InChI is InChI=1S/C36H26N5.Pt/c1-38-20-21-40(24-38)27-12-8-13-28(23-27)41-33-17-7-6-14-30(33)31-19-18-26(22-34(31)41)36-37-32-16-9-15-29(35(32)39(36)2)25-10-4-3-5-11-25;/h3-21,24H,1-2H3;/q-3;. The van der Waals surface area contributed by atoms with Gasteiger partial charge in [0.25, 0.3) is 0 Å². The monoisotopic (exact) mass is 723 g/mol. The van der Waals surface area contributed by atoms with Gasteiger partial charge in [-0.15, -0.1) is 47.6 Å². The summed E-state index contributed by atoms with van der Waals surface area (Å²) in [6.07, 6.45) is 4.07. The van der Waals surface area contributed by atoms with Gasteiger partial charge in [-0.3, -0.25) is 4.98 Å². The molecule has 5 nitrogen and oxygen atoms in total. The first kappa shape index (κ1) is 26.3. The van der Waals surface area contributed by atoms with Crippen LogP contribution in [0.4, 0.5) is 5.69 Å². The number of para-hydroxylation sites is 2. The molecule has 8 rings (SSSR count). The van der Waals surface area contributed by atoms with E-state index in [0.29, 0.717) is 0 Å². The molecule has 0 saturated heterocycles. The van der Waals surface area contributed by atoms with Gasteiger partial charge in [0, 0.05) is 39.2 Å². The minimum absolute atomic E-state index is 0. The number of anilines is 1. The van der Waals surface area contributed by atoms with Crippen molar-refractivity contribution in [3.05, 3.63) is 134 Å². The van der Waals surface area contributed by atoms with Crippen molar-refractivity contribution < 1.29 is 21.1 Å². The summed E-state index contributed by atoms with van der Waals surface area (Å²) in [5, 5.41) is 2.34. The van der Waals surface area contributed by atoms with Crippen LogP contribution >= 0.6 is 0 Å². The Bertz CT molecular complexity index is 2120. The molecule has 0 fully saturated rings. The molecule has 0 amide bonds. The molecule has 0 N–H and O–H groups in total. The number of fused-ring (bicyclic) bond motifs is 4. The molecular weight excluding hydrogens is 698 g/mol. The molecule has 0 unspecified atom stereocenters. The Morgan fingerprint density at radius 2 is 1.48 bits per heavy atom. The van der Waals surface area contributed by atoms with Crippen molar-refractivity contribution in [3.8, 4) is 28.2 Å². The van der Waals surface area contributed by atoms with Crippen molar-refractivity contribution in [2.45, 2.75) is 0 Å². The van der Waals surface area contributed by atoms with E-state index in [4.69, 9.17) is 4.98 Å². The second-order valence-corrected chi connectivity index (χ2v) is 10.4. The van der Waals surface area contributed by atoms with Crippen LogP contribution in [-0.2, 0) is 28.1 Å². The van der Waals surface area contributed by atoms with E-state index in [1.54, 1.807) is 0 Å². The number of aromatic nitrogens is 3. The Balaban J connectivity index is 0.00000288. The molecule has 42 heavy (non-hydrogen) atoms. The quantitative estimate of drug-likeness (QED) is 0.173. The molecule has 0 bridgehead atoms. The third-order valence-corrected chi connectivity index (χ3v) is 7.86. The molecule has 0 atom stereocenters. The zero-order valence-electron chi connectivity index (χ0n) is 23.1. The number of aryl methyl sites for hydroxylation is 1. The molecule has 0 saturated carbocycles. The molecule has 0 radical (unpaired) electrons. The Morgan fingerprint density at radius 3 is 2.31 bits per heavy atom. The Morgan fingerprint density at radius 1 is 0.690 bits per heavy atom. The van der Waals surface area contributed by atoms with Gasteiger partial charge >= 0.3 is 0 Å². The number of rotatable bonds is 4. The summed E-state index contributed by atoms with van der Waals surface area (Å²) < 4.78 is 4.46. The third kappa shape index (κ3) is 4.16. The van der Waals surface area contributed by atoms with E-state index in [9.17, 15) is 0 Å². The molecular formula is C36H26N5Pt-3. The number of nitrogens with zero attached hydrogens (tertiary/aromatic N) is 5. The first-order chi connectivity index (χ1) is 20.2. The summed E-state index contributed by atoms with van der Waals surface area (Å²) >= 11 is 0. The van der Waals surface area contributed by atoms with E-state index in [1.165, 1.54) is 16.5 Å². The van der Waals surface area contributed by atoms with Crippen molar-refractivity contribution in [2.75, 3.05) is 11.9 Å². The van der Waals surface area contributed by atoms with E-state index in [1.807, 2.05) is 37.1 Å². The van der Waals surface area contributed by atoms with Crippen LogP contribution < -0.4 is 4.90 Å². The van der Waals surface area contributed by atoms with Crippen LogP contribution in [0.2, 0.25) is 0 Å². The van der Waals surface area contributed by atoms with E-state index in [2.05, 4.69) is 130 Å². The number of benzene rings is 5. The van der Waals surface area contributed by atoms with Gasteiger partial charge in [-0.2, -0.15) is 12.7 Å². The van der Waals surface area contributed by atoms with Crippen LogP contribution in [0.3, 0.4) is 0 Å². The van der Waals surface area contributed by atoms with Crippen LogP contribution in [0, 0.1) is 18.8 Å². The fourth-order valence-corrected chi connectivity index (χ4v) is 5.95. The molecule has 2 aromatic heterocycles. The predicted octanol–water partition coefficient (Wildman–Crippen LogP) is 7.94. The van der Waals surface area contributed by atoms with Gasteiger partial charge in [-0.05, 0) is 48.0 Å². The fraction of sp³-hybridized carbons (Fsp3) is 0.0556. The van der Waals surface area contributed by atoms with Gasteiger partial charge in [-0.25, -0.2) is 0 Å². The first-order valence-corrected chi connectivity index (χ1v) is 13.7. The van der Waals surface area contributed by atoms with Gasteiger partial charge in [0.15, 0.2) is 0 Å². The smallest absolute Gasteiger partial charge is 0.0777 e. The van der Waals surface area contributed by atoms with Crippen LogP contribution in [0.15, 0.2) is 116 Å². The Kier molecular flexibility index (Phi) is 6.48. The second-order valence-electron chi connectivity index (χ2n) is 10.4. The van der Waals surface area contributed by atoms with Gasteiger partial charge in [0.2, 0.25) is 0 Å². The summed E-state index contributed by atoms with van der Waals surface area (Å²) in [7, 11) is 4.12. The van der Waals surface area contributed by atoms with E-state index >= 15 is 0 Å². The maximum Gasteiger partial charge on any atom is 0.0777 e. The average Bonchev–Trinajstić information content (AvgIpc) is 3.70. The second kappa shape index (κ2) is 10.3. The number of hydrogen-bond acceptors (Lipinski definition) is 3. The van der Waals surface area contributed by atoms with Gasteiger partial charge in [-0.1, -0.05) is 71.7 Å². The molecule has 3 heterocycles. The number of imidazole rings is 1. The largest absolute Gasteiger partial charge is 0.510 e. The van der Waals surface area contributed by atoms with Crippen LogP contribution in [0.25, 0.3) is 61.0 Å². The summed E-state index contributed by atoms with van der Waals surface area (Å²) in [6.45, 7) is 2.04. The van der Waals surface area contributed by atoms with Crippen LogP contribution in [0.1, 0.15) is 0 Å². The van der Waals surface area contributed by atoms with Crippen LogP contribution in [-0.4, -0.2) is 26.1 Å².